The van der Waals surface area contributed by atoms with Crippen molar-refractivity contribution in [3.8, 4) is 0 Å². The van der Waals surface area contributed by atoms with E-state index in [0.29, 0.717) is 5.92 Å². The molecular weight excluding hydrogens is 298 g/mol. The summed E-state index contributed by atoms with van der Waals surface area (Å²) in [6.45, 7) is 5.24. The van der Waals surface area contributed by atoms with E-state index in [-0.39, 0.29) is 0 Å². The van der Waals surface area contributed by atoms with Crippen LogP contribution in [0, 0.1) is 13.8 Å². The molecular formula is C19H27N5. The maximum atomic E-state index is 4.96. The minimum atomic E-state index is 0.617. The smallest absolute Gasteiger partial charge is 0.135 e. The summed E-state index contributed by atoms with van der Waals surface area (Å²) in [6, 6.07) is 0. The Morgan fingerprint density at radius 2 is 1.96 bits per heavy atom. The Bertz CT molecular complexity index is 773. The molecule has 128 valence electrons. The van der Waals surface area contributed by atoms with Crippen molar-refractivity contribution in [3.63, 3.8) is 0 Å². The van der Waals surface area contributed by atoms with E-state index in [9.17, 15) is 0 Å². The molecule has 4 rings (SSSR count). The monoisotopic (exact) mass is 325 g/mol. The van der Waals surface area contributed by atoms with E-state index in [2.05, 4.69) is 30.9 Å². The van der Waals surface area contributed by atoms with Crippen LogP contribution in [0.25, 0.3) is 0 Å². The van der Waals surface area contributed by atoms with Gasteiger partial charge in [-0.25, -0.2) is 9.97 Å². The number of aryl methyl sites for hydroxylation is 3. The molecule has 0 radical (unpaired) electrons. The van der Waals surface area contributed by atoms with Crippen LogP contribution in [0.15, 0.2) is 0 Å². The Kier molecular flexibility index (Phi) is 3.82. The van der Waals surface area contributed by atoms with Gasteiger partial charge in [0, 0.05) is 43.5 Å². The molecule has 5 heteroatoms. The Balaban J connectivity index is 1.57. The largest absolute Gasteiger partial charge is 0.359 e. The molecule has 0 spiro atoms. The summed E-state index contributed by atoms with van der Waals surface area (Å²) in [5, 5.41) is 4.54. The molecule has 0 aromatic carbocycles. The van der Waals surface area contributed by atoms with Crippen LogP contribution in [-0.4, -0.2) is 33.3 Å². The van der Waals surface area contributed by atoms with Crippen molar-refractivity contribution in [2.45, 2.75) is 58.3 Å². The minimum Gasteiger partial charge on any atom is -0.359 e. The van der Waals surface area contributed by atoms with Gasteiger partial charge < -0.3 is 4.90 Å². The molecule has 2 aromatic rings. The molecule has 0 unspecified atom stereocenters. The molecule has 2 aliphatic rings. The molecule has 2 aliphatic carbocycles. The highest BCUT2D eigenvalue weighted by atomic mass is 15.3. The number of hydrogen-bond acceptors (Lipinski definition) is 4. The highest BCUT2D eigenvalue weighted by Gasteiger charge is 2.30. The zero-order chi connectivity index (χ0) is 16.8. The second-order valence-electron chi connectivity index (χ2n) is 7.40. The third-order valence-corrected chi connectivity index (χ3v) is 5.59. The topological polar surface area (TPSA) is 46.8 Å². The van der Waals surface area contributed by atoms with Crippen LogP contribution in [0.4, 0.5) is 5.82 Å². The molecule has 0 bridgehead atoms. The van der Waals surface area contributed by atoms with Crippen molar-refractivity contribution in [1.29, 1.82) is 0 Å². The van der Waals surface area contributed by atoms with Crippen LogP contribution in [0.1, 0.15) is 59.2 Å². The Labute approximate surface area is 144 Å². The highest BCUT2D eigenvalue weighted by molar-refractivity contribution is 5.51. The van der Waals surface area contributed by atoms with Gasteiger partial charge in [0.1, 0.15) is 11.6 Å². The number of aromatic nitrogens is 4. The van der Waals surface area contributed by atoms with E-state index in [1.165, 1.54) is 47.6 Å². The van der Waals surface area contributed by atoms with Gasteiger partial charge in [-0.1, -0.05) is 0 Å². The predicted octanol–water partition coefficient (Wildman–Crippen LogP) is 2.87. The van der Waals surface area contributed by atoms with Crippen LogP contribution < -0.4 is 4.90 Å². The minimum absolute atomic E-state index is 0.617. The van der Waals surface area contributed by atoms with Crippen LogP contribution in [0.5, 0.6) is 0 Å². The molecule has 24 heavy (non-hydrogen) atoms. The molecule has 0 aliphatic heterocycles. The van der Waals surface area contributed by atoms with Crippen molar-refractivity contribution in [1.82, 2.24) is 19.7 Å². The fourth-order valence-electron chi connectivity index (χ4n) is 3.84. The Hall–Kier alpha value is -1.91. The molecule has 2 aromatic heterocycles. The van der Waals surface area contributed by atoms with Crippen molar-refractivity contribution >= 4 is 5.82 Å². The summed E-state index contributed by atoms with van der Waals surface area (Å²) in [7, 11) is 4.20. The van der Waals surface area contributed by atoms with Gasteiger partial charge in [-0.15, -0.1) is 0 Å². The Morgan fingerprint density at radius 1 is 1.17 bits per heavy atom. The summed E-state index contributed by atoms with van der Waals surface area (Å²) in [4.78, 5) is 12.2. The predicted molar refractivity (Wildman–Crippen MR) is 95.7 cm³/mol. The molecule has 1 fully saturated rings. The van der Waals surface area contributed by atoms with Crippen molar-refractivity contribution in [2.75, 3.05) is 18.5 Å². The normalized spacial score (nSPS) is 16.5. The molecule has 0 N–H and O–H groups in total. The van der Waals surface area contributed by atoms with Gasteiger partial charge in [-0.2, -0.15) is 5.10 Å². The van der Waals surface area contributed by atoms with Gasteiger partial charge in [0.15, 0.2) is 0 Å². The number of hydrogen-bond donors (Lipinski definition) is 0. The van der Waals surface area contributed by atoms with Gasteiger partial charge in [0.25, 0.3) is 0 Å². The lowest BCUT2D eigenvalue weighted by Gasteiger charge is -2.22. The van der Waals surface area contributed by atoms with E-state index < -0.39 is 0 Å². The van der Waals surface area contributed by atoms with Crippen LogP contribution in [-0.2, 0) is 26.3 Å². The fourth-order valence-corrected chi connectivity index (χ4v) is 3.84. The quantitative estimate of drug-likeness (QED) is 0.848. The van der Waals surface area contributed by atoms with Gasteiger partial charge in [0.05, 0.1) is 5.69 Å². The second-order valence-corrected chi connectivity index (χ2v) is 7.40. The number of fused-ring (bicyclic) bond motifs is 1. The summed E-state index contributed by atoms with van der Waals surface area (Å²) in [5.41, 5.74) is 6.49. The van der Waals surface area contributed by atoms with E-state index in [4.69, 9.17) is 9.97 Å². The van der Waals surface area contributed by atoms with Gasteiger partial charge in [-0.3, -0.25) is 4.68 Å². The zero-order valence-corrected chi connectivity index (χ0v) is 15.3. The van der Waals surface area contributed by atoms with E-state index in [0.717, 1.165) is 37.3 Å². The van der Waals surface area contributed by atoms with E-state index in [1.54, 1.807) is 0 Å². The number of rotatable bonds is 5. The summed E-state index contributed by atoms with van der Waals surface area (Å²) in [6.07, 6.45) is 7.01. The first-order valence-corrected chi connectivity index (χ1v) is 9.14. The van der Waals surface area contributed by atoms with Gasteiger partial charge in [0.2, 0.25) is 0 Å². The van der Waals surface area contributed by atoms with E-state index in [1.807, 2.05) is 11.7 Å². The maximum absolute atomic E-state index is 4.96. The molecule has 0 atom stereocenters. The van der Waals surface area contributed by atoms with Gasteiger partial charge in [-0.05, 0) is 57.9 Å². The average molecular weight is 325 g/mol. The molecule has 0 saturated heterocycles. The lowest BCUT2D eigenvalue weighted by molar-refractivity contribution is 0.729. The SMILES string of the molecule is Cc1nn(C)c(C)c1CCN(C)c1nc(C2CC2)nc2c1CCC2. The van der Waals surface area contributed by atoms with Crippen molar-refractivity contribution < 1.29 is 0 Å². The standard InChI is InChI=1S/C19H27N5/c1-12-15(13(2)24(4)22-12)10-11-23(3)19-16-6-5-7-17(16)20-18(21-19)14-8-9-14/h14H,5-11H2,1-4H3. The van der Waals surface area contributed by atoms with Crippen LogP contribution >= 0.6 is 0 Å². The summed E-state index contributed by atoms with van der Waals surface area (Å²) in [5.74, 6) is 2.88. The highest BCUT2D eigenvalue weighted by Crippen LogP contribution is 2.40. The van der Waals surface area contributed by atoms with Gasteiger partial charge >= 0.3 is 0 Å². The van der Waals surface area contributed by atoms with Crippen LogP contribution in [0.2, 0.25) is 0 Å². The maximum Gasteiger partial charge on any atom is 0.135 e. The third kappa shape index (κ3) is 2.70. The summed E-state index contributed by atoms with van der Waals surface area (Å²) >= 11 is 0. The molecule has 2 heterocycles. The number of anilines is 1. The lowest BCUT2D eigenvalue weighted by Crippen LogP contribution is -2.24. The molecule has 1 saturated carbocycles. The van der Waals surface area contributed by atoms with E-state index >= 15 is 0 Å². The molecule has 0 amide bonds. The fraction of sp³-hybridized carbons (Fsp3) is 0.632. The molecule has 5 nitrogen and oxygen atoms in total. The zero-order valence-electron chi connectivity index (χ0n) is 15.3. The first-order chi connectivity index (χ1) is 11.5. The Morgan fingerprint density at radius 3 is 2.62 bits per heavy atom. The summed E-state index contributed by atoms with van der Waals surface area (Å²) < 4.78 is 1.98. The lowest BCUT2D eigenvalue weighted by atomic mass is 10.1. The van der Waals surface area contributed by atoms with Crippen molar-refractivity contribution in [2.24, 2.45) is 7.05 Å². The van der Waals surface area contributed by atoms with Crippen LogP contribution in [0.3, 0.4) is 0 Å². The first-order valence-electron chi connectivity index (χ1n) is 9.14. The first kappa shape index (κ1) is 15.6. The second kappa shape index (κ2) is 5.87. The number of likely N-dealkylation sites (N-methyl/N-ethyl adjacent to an activating group) is 1. The van der Waals surface area contributed by atoms with Crippen molar-refractivity contribution in [3.05, 3.63) is 34.0 Å². The average Bonchev–Trinajstić information content (AvgIpc) is 3.25. The third-order valence-electron chi connectivity index (χ3n) is 5.59. The number of nitrogens with zero attached hydrogens (tertiary/aromatic N) is 5.